The van der Waals surface area contributed by atoms with Crippen LogP contribution in [0, 0.1) is 0 Å². The average molecular weight is 326 g/mol. The highest BCUT2D eigenvalue weighted by atomic mass is 16.3. The molecule has 0 bridgehead atoms. The molecule has 0 N–H and O–H groups in total. The number of nitrogens with zero attached hydrogens (tertiary/aromatic N) is 2. The van der Waals surface area contributed by atoms with Gasteiger partial charge >= 0.3 is 0 Å². The fraction of sp³-hybridized carbons (Fsp3) is 0.474. The molecule has 2 aliphatic heterocycles. The quantitative estimate of drug-likeness (QED) is 0.851. The number of fused-ring (bicyclic) bond motifs is 1. The minimum Gasteiger partial charge on any atom is -0.451 e. The molecule has 0 aliphatic carbocycles. The van der Waals surface area contributed by atoms with E-state index in [-0.39, 0.29) is 23.1 Å². The summed E-state index contributed by atoms with van der Waals surface area (Å²) in [6.45, 7) is 1.83. The van der Waals surface area contributed by atoms with E-state index < -0.39 is 0 Å². The van der Waals surface area contributed by atoms with Crippen LogP contribution in [0.25, 0.3) is 11.0 Å². The summed E-state index contributed by atoms with van der Waals surface area (Å²) in [7, 11) is 2.13. The number of amides is 1. The Morgan fingerprint density at radius 2 is 1.88 bits per heavy atom. The highest BCUT2D eigenvalue weighted by molar-refractivity contribution is 5.93. The Kier molecular flexibility index (Phi) is 3.88. The summed E-state index contributed by atoms with van der Waals surface area (Å²) in [6.07, 6.45) is 4.36. The van der Waals surface area contributed by atoms with Crippen LogP contribution < -0.4 is 5.43 Å². The second-order valence-electron chi connectivity index (χ2n) is 6.87. The van der Waals surface area contributed by atoms with Gasteiger partial charge in [-0.15, -0.1) is 0 Å². The standard InChI is InChI=1S/C19H22N2O3/c1-20-10-4-7-14(20)15-8-5-11-21(15)19(23)18-12-16(22)13-6-2-3-9-17(13)24-18/h2-3,6,9,12,14-15H,4-5,7-8,10-11H2,1H3/t14-,15+/m1/s1. The Balaban J connectivity index is 1.66. The van der Waals surface area contributed by atoms with Gasteiger partial charge in [0, 0.05) is 24.7 Å². The average Bonchev–Trinajstić information content (AvgIpc) is 3.22. The minimum atomic E-state index is -0.158. The van der Waals surface area contributed by atoms with Crippen molar-refractivity contribution in [3.8, 4) is 0 Å². The number of hydrogen-bond donors (Lipinski definition) is 0. The smallest absolute Gasteiger partial charge is 0.290 e. The number of benzene rings is 1. The van der Waals surface area contributed by atoms with E-state index in [0.717, 1.165) is 32.4 Å². The number of para-hydroxylation sites is 1. The van der Waals surface area contributed by atoms with Crippen molar-refractivity contribution < 1.29 is 9.21 Å². The van der Waals surface area contributed by atoms with Gasteiger partial charge in [-0.1, -0.05) is 12.1 Å². The first-order valence-electron chi connectivity index (χ1n) is 8.69. The van der Waals surface area contributed by atoms with Crippen LogP contribution in [0.1, 0.15) is 36.2 Å². The van der Waals surface area contributed by atoms with Gasteiger partial charge in [0.25, 0.3) is 5.91 Å². The molecule has 0 radical (unpaired) electrons. The second kappa shape index (κ2) is 6.06. The summed E-state index contributed by atoms with van der Waals surface area (Å²) in [4.78, 5) is 29.5. The van der Waals surface area contributed by atoms with Crippen molar-refractivity contribution in [2.75, 3.05) is 20.1 Å². The summed E-state index contributed by atoms with van der Waals surface area (Å²) >= 11 is 0. The van der Waals surface area contributed by atoms with Crippen molar-refractivity contribution in [1.82, 2.24) is 9.80 Å². The van der Waals surface area contributed by atoms with E-state index in [4.69, 9.17) is 4.42 Å². The normalized spacial score (nSPS) is 24.8. The van der Waals surface area contributed by atoms with E-state index in [1.54, 1.807) is 18.2 Å². The van der Waals surface area contributed by atoms with Crippen molar-refractivity contribution in [1.29, 1.82) is 0 Å². The van der Waals surface area contributed by atoms with Gasteiger partial charge in [0.1, 0.15) is 5.58 Å². The number of carbonyl (C=O) groups is 1. The zero-order chi connectivity index (χ0) is 16.7. The van der Waals surface area contributed by atoms with Gasteiger partial charge in [0.2, 0.25) is 0 Å². The molecule has 4 rings (SSSR count). The number of carbonyl (C=O) groups excluding carboxylic acids is 1. The summed E-state index contributed by atoms with van der Waals surface area (Å²) < 4.78 is 5.75. The SMILES string of the molecule is CN1CCC[C@@H]1[C@@H]1CCCN1C(=O)c1cc(=O)c2ccccc2o1. The molecule has 1 aromatic heterocycles. The number of likely N-dealkylation sites (N-methyl/N-ethyl adjacent to an activating group) is 1. The van der Waals surface area contributed by atoms with Crippen LogP contribution >= 0.6 is 0 Å². The topological polar surface area (TPSA) is 53.8 Å². The van der Waals surface area contributed by atoms with Crippen LogP contribution in [-0.2, 0) is 0 Å². The Morgan fingerprint density at radius 1 is 1.12 bits per heavy atom. The molecule has 1 amide bonds. The Hall–Kier alpha value is -2.14. The van der Waals surface area contributed by atoms with E-state index in [9.17, 15) is 9.59 Å². The third-order valence-electron chi connectivity index (χ3n) is 5.43. The molecular weight excluding hydrogens is 304 g/mol. The highest BCUT2D eigenvalue weighted by Crippen LogP contribution is 2.30. The van der Waals surface area contributed by atoms with Crippen LogP contribution in [0.15, 0.2) is 39.5 Å². The number of rotatable bonds is 2. The van der Waals surface area contributed by atoms with Crippen molar-refractivity contribution in [3.63, 3.8) is 0 Å². The summed E-state index contributed by atoms with van der Waals surface area (Å²) in [6, 6.07) is 9.06. The van der Waals surface area contributed by atoms with Crippen molar-refractivity contribution >= 4 is 16.9 Å². The third-order valence-corrected chi connectivity index (χ3v) is 5.43. The van der Waals surface area contributed by atoms with E-state index >= 15 is 0 Å². The predicted octanol–water partition coefficient (Wildman–Crippen LogP) is 2.49. The lowest BCUT2D eigenvalue weighted by Crippen LogP contribution is -2.47. The Morgan fingerprint density at radius 3 is 2.67 bits per heavy atom. The fourth-order valence-corrected chi connectivity index (χ4v) is 4.22. The molecule has 0 saturated carbocycles. The Labute approximate surface area is 140 Å². The van der Waals surface area contributed by atoms with Crippen LogP contribution in [0.2, 0.25) is 0 Å². The van der Waals surface area contributed by atoms with E-state index in [2.05, 4.69) is 11.9 Å². The van der Waals surface area contributed by atoms with E-state index in [1.165, 1.54) is 12.5 Å². The van der Waals surface area contributed by atoms with Crippen LogP contribution in [0.3, 0.4) is 0 Å². The first-order valence-corrected chi connectivity index (χ1v) is 8.69. The largest absolute Gasteiger partial charge is 0.451 e. The molecule has 2 saturated heterocycles. The van der Waals surface area contributed by atoms with Crippen LogP contribution in [0.5, 0.6) is 0 Å². The molecular formula is C19H22N2O3. The maximum atomic E-state index is 13.0. The summed E-state index contributed by atoms with van der Waals surface area (Å²) in [5.74, 6) is 0.00639. The van der Waals surface area contributed by atoms with Crippen LogP contribution in [0.4, 0.5) is 0 Å². The molecule has 1 aromatic carbocycles. The summed E-state index contributed by atoms with van der Waals surface area (Å²) in [5.41, 5.74) is 0.316. The van der Waals surface area contributed by atoms with Crippen molar-refractivity contribution in [2.45, 2.75) is 37.8 Å². The first-order chi connectivity index (χ1) is 11.6. The maximum absolute atomic E-state index is 13.0. The highest BCUT2D eigenvalue weighted by Gasteiger charge is 2.39. The van der Waals surface area contributed by atoms with Gasteiger partial charge in [0.05, 0.1) is 5.39 Å². The van der Waals surface area contributed by atoms with Crippen molar-refractivity contribution in [3.05, 3.63) is 46.3 Å². The molecule has 2 fully saturated rings. The van der Waals surface area contributed by atoms with E-state index in [0.29, 0.717) is 17.0 Å². The van der Waals surface area contributed by atoms with Gasteiger partial charge in [-0.05, 0) is 51.4 Å². The molecule has 2 aromatic rings. The third kappa shape index (κ3) is 2.53. The van der Waals surface area contributed by atoms with Gasteiger partial charge in [-0.25, -0.2) is 0 Å². The molecule has 2 atom stereocenters. The lowest BCUT2D eigenvalue weighted by molar-refractivity contribution is 0.0633. The number of likely N-dealkylation sites (tertiary alicyclic amines) is 2. The zero-order valence-electron chi connectivity index (χ0n) is 13.9. The molecule has 24 heavy (non-hydrogen) atoms. The monoisotopic (exact) mass is 326 g/mol. The molecule has 3 heterocycles. The minimum absolute atomic E-state index is 0.152. The first kappa shape index (κ1) is 15.4. The second-order valence-corrected chi connectivity index (χ2v) is 6.87. The van der Waals surface area contributed by atoms with Gasteiger partial charge < -0.3 is 14.2 Å². The van der Waals surface area contributed by atoms with Crippen LogP contribution in [-0.4, -0.2) is 47.9 Å². The summed E-state index contributed by atoms with van der Waals surface area (Å²) in [5, 5.41) is 0.516. The van der Waals surface area contributed by atoms with Crippen molar-refractivity contribution in [2.24, 2.45) is 0 Å². The van der Waals surface area contributed by atoms with Gasteiger partial charge in [-0.2, -0.15) is 0 Å². The molecule has 0 spiro atoms. The lowest BCUT2D eigenvalue weighted by Gasteiger charge is -2.32. The predicted molar refractivity (Wildman–Crippen MR) is 92.2 cm³/mol. The molecule has 5 nitrogen and oxygen atoms in total. The number of hydrogen-bond acceptors (Lipinski definition) is 4. The lowest BCUT2D eigenvalue weighted by atomic mass is 10.0. The van der Waals surface area contributed by atoms with E-state index in [1.807, 2.05) is 11.0 Å². The van der Waals surface area contributed by atoms with Gasteiger partial charge in [0.15, 0.2) is 11.2 Å². The van der Waals surface area contributed by atoms with Gasteiger partial charge in [-0.3, -0.25) is 9.59 Å². The molecule has 126 valence electrons. The Bertz CT molecular complexity index is 829. The molecule has 2 aliphatic rings. The maximum Gasteiger partial charge on any atom is 0.290 e. The molecule has 0 unspecified atom stereocenters. The fourth-order valence-electron chi connectivity index (χ4n) is 4.22. The molecule has 5 heteroatoms. The zero-order valence-corrected chi connectivity index (χ0v) is 13.9.